The van der Waals surface area contributed by atoms with Gasteiger partial charge in [0, 0.05) is 5.56 Å². The van der Waals surface area contributed by atoms with Crippen molar-refractivity contribution in [3.63, 3.8) is 0 Å². The average molecular weight is 329 g/mol. The number of rotatable bonds is 3. The number of hydrogen-bond donors (Lipinski definition) is 1. The fourth-order valence-corrected chi connectivity index (χ4v) is 3.51. The topological polar surface area (TPSA) is 38.7 Å². The molecule has 0 aliphatic heterocycles. The highest BCUT2D eigenvalue weighted by molar-refractivity contribution is 9.10. The highest BCUT2D eigenvalue weighted by Gasteiger charge is 2.34. The predicted molar refractivity (Wildman–Crippen MR) is 78.8 cm³/mol. The van der Waals surface area contributed by atoms with E-state index in [9.17, 15) is 5.11 Å². The lowest BCUT2D eigenvalue weighted by molar-refractivity contribution is 0.0183. The SMILES string of the molecule is COc1ccc(C2(O)CCCCCC2)c(OC)c1Br. The first-order valence-corrected chi connectivity index (χ1v) is 7.55. The van der Waals surface area contributed by atoms with Gasteiger partial charge in [-0.15, -0.1) is 0 Å². The summed E-state index contributed by atoms with van der Waals surface area (Å²) in [5, 5.41) is 11.0. The van der Waals surface area contributed by atoms with Gasteiger partial charge >= 0.3 is 0 Å². The molecule has 0 atom stereocenters. The molecule has 1 aliphatic carbocycles. The molecule has 3 nitrogen and oxygen atoms in total. The second-order valence-corrected chi connectivity index (χ2v) is 5.90. The molecule has 1 aliphatic rings. The van der Waals surface area contributed by atoms with E-state index >= 15 is 0 Å². The molecule has 0 saturated heterocycles. The van der Waals surface area contributed by atoms with E-state index in [1.165, 1.54) is 12.8 Å². The van der Waals surface area contributed by atoms with Crippen LogP contribution in [0.5, 0.6) is 11.5 Å². The molecule has 0 amide bonds. The Morgan fingerprint density at radius 2 is 1.68 bits per heavy atom. The van der Waals surface area contributed by atoms with Crippen molar-refractivity contribution in [2.45, 2.75) is 44.1 Å². The fourth-order valence-electron chi connectivity index (χ4n) is 2.84. The van der Waals surface area contributed by atoms with Gasteiger partial charge in [0.15, 0.2) is 0 Å². The summed E-state index contributed by atoms with van der Waals surface area (Å²) in [6.45, 7) is 0. The van der Waals surface area contributed by atoms with Crippen LogP contribution in [0.25, 0.3) is 0 Å². The van der Waals surface area contributed by atoms with Gasteiger partial charge in [0.05, 0.1) is 19.8 Å². The zero-order valence-corrected chi connectivity index (χ0v) is 13.1. The summed E-state index contributed by atoms with van der Waals surface area (Å²) in [7, 11) is 3.25. The van der Waals surface area contributed by atoms with Crippen LogP contribution < -0.4 is 9.47 Å². The van der Waals surface area contributed by atoms with Crippen molar-refractivity contribution >= 4 is 15.9 Å². The summed E-state index contributed by atoms with van der Waals surface area (Å²) in [5.41, 5.74) is 0.0842. The van der Waals surface area contributed by atoms with Crippen LogP contribution in [0.2, 0.25) is 0 Å². The van der Waals surface area contributed by atoms with E-state index in [0.29, 0.717) is 5.75 Å². The fraction of sp³-hybridized carbons (Fsp3) is 0.600. The first-order valence-electron chi connectivity index (χ1n) is 6.76. The van der Waals surface area contributed by atoms with Gasteiger partial charge in [-0.1, -0.05) is 25.7 Å². The molecular formula is C15H21BrO3. The Balaban J connectivity index is 2.45. The molecule has 0 radical (unpaired) electrons. The van der Waals surface area contributed by atoms with Crippen molar-refractivity contribution in [3.05, 3.63) is 22.2 Å². The molecule has 4 heteroatoms. The molecule has 0 aromatic heterocycles. The Labute approximate surface area is 123 Å². The van der Waals surface area contributed by atoms with Crippen LogP contribution in [0.3, 0.4) is 0 Å². The number of aliphatic hydroxyl groups is 1. The summed E-state index contributed by atoms with van der Waals surface area (Å²) in [4.78, 5) is 0. The molecule has 1 aromatic carbocycles. The van der Waals surface area contributed by atoms with E-state index in [0.717, 1.165) is 41.5 Å². The van der Waals surface area contributed by atoms with Gasteiger partial charge < -0.3 is 14.6 Å². The predicted octanol–water partition coefficient (Wildman–Crippen LogP) is 4.01. The van der Waals surface area contributed by atoms with E-state index in [1.807, 2.05) is 12.1 Å². The van der Waals surface area contributed by atoms with Crippen molar-refractivity contribution in [2.24, 2.45) is 0 Å². The Morgan fingerprint density at radius 3 is 2.21 bits per heavy atom. The summed E-state index contributed by atoms with van der Waals surface area (Å²) in [6.07, 6.45) is 6.10. The van der Waals surface area contributed by atoms with Crippen LogP contribution in [0.1, 0.15) is 44.1 Å². The standard InChI is InChI=1S/C15H21BrO3/c1-18-12-8-7-11(14(19-2)13(12)16)15(17)9-5-3-4-6-10-15/h7-8,17H,3-6,9-10H2,1-2H3. The molecule has 106 valence electrons. The minimum absolute atomic E-state index is 0.684. The lowest BCUT2D eigenvalue weighted by Crippen LogP contribution is -2.25. The first kappa shape index (κ1) is 14.7. The lowest BCUT2D eigenvalue weighted by atomic mass is 9.86. The highest BCUT2D eigenvalue weighted by atomic mass is 79.9. The summed E-state index contributed by atoms with van der Waals surface area (Å²) in [6, 6.07) is 3.80. The Morgan fingerprint density at radius 1 is 1.05 bits per heavy atom. The summed E-state index contributed by atoms with van der Waals surface area (Å²) in [5.74, 6) is 1.40. The minimum Gasteiger partial charge on any atom is -0.495 e. The van der Waals surface area contributed by atoms with Crippen LogP contribution >= 0.6 is 15.9 Å². The smallest absolute Gasteiger partial charge is 0.142 e. The molecule has 2 rings (SSSR count). The van der Waals surface area contributed by atoms with Crippen molar-refractivity contribution in [2.75, 3.05) is 14.2 Å². The second-order valence-electron chi connectivity index (χ2n) is 5.11. The number of halogens is 1. The summed E-state index contributed by atoms with van der Waals surface area (Å²) < 4.78 is 11.5. The second kappa shape index (κ2) is 6.14. The molecule has 19 heavy (non-hydrogen) atoms. The molecule has 1 N–H and O–H groups in total. The van der Waals surface area contributed by atoms with Crippen molar-refractivity contribution in [1.82, 2.24) is 0 Å². The average Bonchev–Trinajstić information content (AvgIpc) is 2.64. The Hall–Kier alpha value is -0.740. The molecule has 1 aromatic rings. The van der Waals surface area contributed by atoms with Crippen LogP contribution in [-0.2, 0) is 5.60 Å². The Kier molecular flexibility index (Phi) is 4.74. The van der Waals surface area contributed by atoms with E-state index in [-0.39, 0.29) is 0 Å². The van der Waals surface area contributed by atoms with Gasteiger partial charge in [-0.3, -0.25) is 0 Å². The van der Waals surface area contributed by atoms with Crippen LogP contribution in [0, 0.1) is 0 Å². The molecule has 0 heterocycles. The van der Waals surface area contributed by atoms with Gasteiger partial charge in [-0.05, 0) is 40.9 Å². The zero-order valence-electron chi connectivity index (χ0n) is 11.5. The van der Waals surface area contributed by atoms with Crippen LogP contribution in [-0.4, -0.2) is 19.3 Å². The monoisotopic (exact) mass is 328 g/mol. The van der Waals surface area contributed by atoms with Crippen LogP contribution in [0.15, 0.2) is 16.6 Å². The largest absolute Gasteiger partial charge is 0.495 e. The van der Waals surface area contributed by atoms with Crippen LogP contribution in [0.4, 0.5) is 0 Å². The quantitative estimate of drug-likeness (QED) is 0.852. The molecule has 0 unspecified atom stereocenters. The highest BCUT2D eigenvalue weighted by Crippen LogP contribution is 2.45. The molecular weight excluding hydrogens is 308 g/mol. The number of ether oxygens (including phenoxy) is 2. The molecule has 0 bridgehead atoms. The van der Waals surface area contributed by atoms with Gasteiger partial charge in [-0.2, -0.15) is 0 Å². The van der Waals surface area contributed by atoms with E-state index < -0.39 is 5.60 Å². The van der Waals surface area contributed by atoms with E-state index in [4.69, 9.17) is 9.47 Å². The van der Waals surface area contributed by atoms with Crippen molar-refractivity contribution < 1.29 is 14.6 Å². The molecule has 1 saturated carbocycles. The van der Waals surface area contributed by atoms with Crippen molar-refractivity contribution in [1.29, 1.82) is 0 Å². The first-order chi connectivity index (χ1) is 9.12. The third-order valence-corrected chi connectivity index (χ3v) is 4.67. The third kappa shape index (κ3) is 2.90. The van der Waals surface area contributed by atoms with Gasteiger partial charge in [-0.25, -0.2) is 0 Å². The number of benzene rings is 1. The van der Waals surface area contributed by atoms with E-state index in [1.54, 1.807) is 14.2 Å². The van der Waals surface area contributed by atoms with Gasteiger partial charge in [0.25, 0.3) is 0 Å². The number of hydrogen-bond acceptors (Lipinski definition) is 3. The van der Waals surface area contributed by atoms with E-state index in [2.05, 4.69) is 15.9 Å². The van der Waals surface area contributed by atoms with Crippen molar-refractivity contribution in [3.8, 4) is 11.5 Å². The normalized spacial score (nSPS) is 18.7. The Bertz CT molecular complexity index is 437. The maximum absolute atomic E-state index is 11.0. The zero-order chi connectivity index (χ0) is 13.9. The third-order valence-electron chi connectivity index (χ3n) is 3.92. The maximum atomic E-state index is 11.0. The summed E-state index contributed by atoms with van der Waals surface area (Å²) >= 11 is 3.50. The molecule has 1 fully saturated rings. The van der Waals surface area contributed by atoms with Gasteiger partial charge in [0.1, 0.15) is 16.0 Å². The molecule has 0 spiro atoms. The number of methoxy groups -OCH3 is 2. The minimum atomic E-state index is -0.781. The lowest BCUT2D eigenvalue weighted by Gasteiger charge is -2.29. The van der Waals surface area contributed by atoms with Gasteiger partial charge in [0.2, 0.25) is 0 Å². The maximum Gasteiger partial charge on any atom is 0.142 e.